The Balaban J connectivity index is 0.000000163. The van der Waals surface area contributed by atoms with Crippen LogP contribution in [0, 0.1) is 27.7 Å². The van der Waals surface area contributed by atoms with Crippen LogP contribution < -0.4 is 5.19 Å². The molecule has 0 nitrogen and oxygen atoms in total. The van der Waals surface area contributed by atoms with Crippen molar-refractivity contribution in [2.24, 2.45) is 0 Å². The summed E-state index contributed by atoms with van der Waals surface area (Å²) >= 11 is -1.95. The summed E-state index contributed by atoms with van der Waals surface area (Å²) in [6.07, 6.45) is 4.84. The fraction of sp³-hybridized carbons (Fsp3) is 0.314. The summed E-state index contributed by atoms with van der Waals surface area (Å²) in [7, 11) is 11.9. The quantitative estimate of drug-likeness (QED) is 0.131. The second kappa shape index (κ2) is 15.5. The van der Waals surface area contributed by atoms with Crippen LogP contribution in [0.4, 0.5) is 0 Å². The van der Waals surface area contributed by atoms with Gasteiger partial charge in [-0.1, -0.05) is 77.6 Å². The van der Waals surface area contributed by atoms with Gasteiger partial charge in [0.2, 0.25) is 0 Å². The number of fused-ring (bicyclic) bond motifs is 2. The first-order valence-electron chi connectivity index (χ1n) is 14.0. The minimum atomic E-state index is -1.95. The summed E-state index contributed by atoms with van der Waals surface area (Å²) < 4.78 is 0. The third-order valence-electron chi connectivity index (χ3n) is 7.21. The molecule has 4 heteroatoms. The first kappa shape index (κ1) is 32.1. The standard InChI is InChI=1S/2C14H17.C7H8Si.2ClH.Zr/c2*1-4-5-12-7-6-11(3)13-8-10(2)9-14(12)13;1-8-7-5-3-2-4-6-7;;;/h2*6-9H,4-5H2,1-3H3;2-6H,1H3;2*1H;/q2*-1;;;;+2/p-2. The van der Waals surface area contributed by atoms with Gasteiger partial charge in [-0.2, -0.15) is 12.1 Å². The molecule has 0 saturated heterocycles. The predicted molar refractivity (Wildman–Crippen MR) is 175 cm³/mol. The molecule has 0 aromatic heterocycles. The second-order valence-corrected chi connectivity index (χ2v) is 31.5. The van der Waals surface area contributed by atoms with Gasteiger partial charge in [0.25, 0.3) is 0 Å². The van der Waals surface area contributed by atoms with E-state index in [1.54, 1.807) is 0 Å². The summed E-state index contributed by atoms with van der Waals surface area (Å²) in [5.41, 5.74) is 8.00. The molecule has 0 radical (unpaired) electrons. The second-order valence-electron chi connectivity index (χ2n) is 10.6. The van der Waals surface area contributed by atoms with Gasteiger partial charge < -0.3 is 0 Å². The van der Waals surface area contributed by atoms with Crippen molar-refractivity contribution in [1.82, 2.24) is 0 Å². The van der Waals surface area contributed by atoms with E-state index in [4.69, 9.17) is 17.0 Å². The first-order valence-corrected chi connectivity index (χ1v) is 26.1. The Morgan fingerprint density at radius 2 is 1.10 bits per heavy atom. The molecule has 0 spiro atoms. The van der Waals surface area contributed by atoms with Crippen LogP contribution in [0.15, 0.2) is 78.9 Å². The van der Waals surface area contributed by atoms with Gasteiger partial charge in [0.05, 0.1) is 0 Å². The molecule has 0 aliphatic heterocycles. The maximum atomic E-state index is 5.97. The zero-order valence-electron chi connectivity index (χ0n) is 24.6. The topological polar surface area (TPSA) is 0 Å². The van der Waals surface area contributed by atoms with Gasteiger partial charge in [0.1, 0.15) is 0 Å². The van der Waals surface area contributed by atoms with Crippen LogP contribution in [-0.2, 0) is 30.8 Å². The van der Waals surface area contributed by atoms with Crippen molar-refractivity contribution in [1.29, 1.82) is 0 Å². The number of hydrogen-bond donors (Lipinski definition) is 0. The summed E-state index contributed by atoms with van der Waals surface area (Å²) in [5, 5.41) is 7.17. The van der Waals surface area contributed by atoms with Crippen molar-refractivity contribution in [3.05, 3.63) is 112 Å². The maximum absolute atomic E-state index is 5.97. The van der Waals surface area contributed by atoms with Crippen LogP contribution in [0.25, 0.3) is 21.5 Å². The number of aryl methyl sites for hydroxylation is 6. The first-order chi connectivity index (χ1) is 18.7. The molecule has 0 atom stereocenters. The van der Waals surface area contributed by atoms with Crippen molar-refractivity contribution < 1.29 is 18.0 Å². The van der Waals surface area contributed by atoms with E-state index in [1.165, 1.54) is 85.8 Å². The van der Waals surface area contributed by atoms with Crippen molar-refractivity contribution in [2.75, 3.05) is 0 Å². The molecule has 0 amide bonds. The normalized spacial score (nSPS) is 10.6. The average Bonchev–Trinajstić information content (AvgIpc) is 3.52. The van der Waals surface area contributed by atoms with Crippen LogP contribution in [0.1, 0.15) is 60.1 Å². The minimum absolute atomic E-state index is 0.557. The molecule has 0 unspecified atom stereocenters. The molecule has 0 heterocycles. The number of benzene rings is 3. The van der Waals surface area contributed by atoms with Crippen molar-refractivity contribution in [3.63, 3.8) is 0 Å². The van der Waals surface area contributed by atoms with Crippen LogP contribution in [0.2, 0.25) is 6.55 Å². The van der Waals surface area contributed by atoms with E-state index in [2.05, 4.69) is 109 Å². The molecular formula is C35H42Cl2SiZr-2. The monoisotopic (exact) mass is 650 g/mol. The summed E-state index contributed by atoms with van der Waals surface area (Å²) in [4.78, 5) is 0. The third kappa shape index (κ3) is 8.77. The van der Waals surface area contributed by atoms with Gasteiger partial charge in [0.15, 0.2) is 0 Å². The van der Waals surface area contributed by atoms with E-state index < -0.39 is 23.4 Å². The van der Waals surface area contributed by atoms with Gasteiger partial charge in [0, 0.05) is 0 Å². The van der Waals surface area contributed by atoms with Gasteiger partial charge in [-0.15, -0.1) is 68.1 Å². The average molecular weight is 653 g/mol. The third-order valence-corrected chi connectivity index (χ3v) is 25.3. The Kier molecular flexibility index (Phi) is 12.8. The van der Waals surface area contributed by atoms with E-state index >= 15 is 0 Å². The van der Waals surface area contributed by atoms with E-state index in [9.17, 15) is 0 Å². The predicted octanol–water partition coefficient (Wildman–Crippen LogP) is 10.7. The van der Waals surface area contributed by atoms with Crippen LogP contribution in [0.5, 0.6) is 0 Å². The van der Waals surface area contributed by atoms with Crippen molar-refractivity contribution >= 4 is 49.2 Å². The van der Waals surface area contributed by atoms with E-state index in [0.717, 1.165) is 0 Å². The van der Waals surface area contributed by atoms with Crippen LogP contribution in [-0.4, -0.2) is 5.43 Å². The van der Waals surface area contributed by atoms with Crippen LogP contribution >= 0.6 is 17.0 Å². The molecule has 5 aromatic carbocycles. The Labute approximate surface area is 251 Å². The molecule has 5 aromatic rings. The molecule has 0 aliphatic carbocycles. The molecule has 0 N–H and O–H groups in total. The molecule has 0 bridgehead atoms. The van der Waals surface area contributed by atoms with Gasteiger partial charge in [-0.25, -0.2) is 0 Å². The van der Waals surface area contributed by atoms with E-state index in [0.29, 0.717) is 0 Å². The molecule has 0 saturated carbocycles. The van der Waals surface area contributed by atoms with Crippen molar-refractivity contribution in [2.45, 2.75) is 73.8 Å². The van der Waals surface area contributed by atoms with E-state index in [1.807, 2.05) is 18.2 Å². The zero-order chi connectivity index (χ0) is 28.5. The van der Waals surface area contributed by atoms with E-state index in [-0.39, 0.29) is 0 Å². The number of hydrogen-bond acceptors (Lipinski definition) is 0. The van der Waals surface area contributed by atoms with Crippen molar-refractivity contribution in [3.8, 4) is 0 Å². The van der Waals surface area contributed by atoms with Gasteiger partial charge >= 0.3 is 82.5 Å². The molecule has 0 fully saturated rings. The Morgan fingerprint density at radius 3 is 1.49 bits per heavy atom. The molecule has 206 valence electrons. The van der Waals surface area contributed by atoms with Gasteiger partial charge in [-0.3, -0.25) is 0 Å². The molecular weight excluding hydrogens is 611 g/mol. The fourth-order valence-electron chi connectivity index (χ4n) is 5.07. The molecule has 5 rings (SSSR count). The summed E-state index contributed by atoms with van der Waals surface area (Å²) in [6.45, 7) is 15.4. The summed E-state index contributed by atoms with van der Waals surface area (Å²) in [5.74, 6) is 0. The molecule has 0 aliphatic rings. The summed E-state index contributed by atoms with van der Waals surface area (Å²) in [6, 6.07) is 28.6. The SMILES string of the molecule is CCCc1ccc(C)c2[cH-]c(C)cc12.CCCc1ccc(C)c2[cH-]c(C)cc12.C[Si](c1ccccc1)=[Zr]([Cl])[Cl]. The Morgan fingerprint density at radius 1 is 0.667 bits per heavy atom. The number of rotatable bonds is 5. The van der Waals surface area contributed by atoms with Crippen LogP contribution in [0.3, 0.4) is 0 Å². The zero-order valence-corrected chi connectivity index (χ0v) is 29.6. The Bertz CT molecular complexity index is 1450. The van der Waals surface area contributed by atoms with Gasteiger partial charge in [-0.05, 0) is 12.8 Å². The molecule has 39 heavy (non-hydrogen) atoms. The fourth-order valence-corrected chi connectivity index (χ4v) is 12.7. The number of halogens is 2. The Hall–Kier alpha value is -1.44.